The summed E-state index contributed by atoms with van der Waals surface area (Å²) in [6.45, 7) is 0. The highest BCUT2D eigenvalue weighted by atomic mass is 16.6. The Kier molecular flexibility index (Phi) is 5.61. The molecule has 3 aliphatic rings. The molecular formula is C23H26N4O9. The summed E-state index contributed by atoms with van der Waals surface area (Å²) in [6, 6.07) is 0.0457. The second-order valence-corrected chi connectivity index (χ2v) is 9.73. The van der Waals surface area contributed by atoms with Crippen molar-refractivity contribution >= 4 is 28.8 Å². The number of ketones is 2. The molecule has 0 bridgehead atoms. The highest BCUT2D eigenvalue weighted by Crippen LogP contribution is 2.54. The van der Waals surface area contributed by atoms with E-state index in [-0.39, 0.29) is 12.8 Å². The number of carbonyl (C=O) groups excluding carboxylic acids is 3. The average molecular weight is 502 g/mol. The van der Waals surface area contributed by atoms with E-state index in [2.05, 4.69) is 0 Å². The van der Waals surface area contributed by atoms with Crippen molar-refractivity contribution in [3.05, 3.63) is 50.0 Å². The number of likely N-dealkylation sites (N-methyl/N-ethyl adjacent to an activating group) is 1. The van der Waals surface area contributed by atoms with Crippen LogP contribution < -0.4 is 10.6 Å². The second kappa shape index (κ2) is 8.03. The van der Waals surface area contributed by atoms with Gasteiger partial charge in [0.1, 0.15) is 17.1 Å². The molecule has 4 atom stereocenters. The van der Waals surface area contributed by atoms with Crippen LogP contribution in [0.25, 0.3) is 0 Å². The molecule has 0 aliphatic heterocycles. The highest BCUT2D eigenvalue weighted by Gasteiger charge is 2.63. The smallest absolute Gasteiger partial charge is 0.313 e. The van der Waals surface area contributed by atoms with Gasteiger partial charge in [0.2, 0.25) is 11.5 Å². The minimum Gasteiger partial charge on any atom is -0.510 e. The van der Waals surface area contributed by atoms with Crippen molar-refractivity contribution < 1.29 is 39.7 Å². The molecule has 36 heavy (non-hydrogen) atoms. The largest absolute Gasteiger partial charge is 0.510 e. The van der Waals surface area contributed by atoms with Crippen LogP contribution >= 0.6 is 0 Å². The molecule has 192 valence electrons. The van der Waals surface area contributed by atoms with Crippen LogP contribution in [0.2, 0.25) is 0 Å². The Hall–Kier alpha value is -3.97. The Morgan fingerprint density at radius 2 is 1.81 bits per heavy atom. The Bertz CT molecular complexity index is 1310. The summed E-state index contributed by atoms with van der Waals surface area (Å²) in [7, 11) is 6.29. The van der Waals surface area contributed by atoms with Gasteiger partial charge in [-0.25, -0.2) is 0 Å². The monoisotopic (exact) mass is 502 g/mol. The van der Waals surface area contributed by atoms with E-state index >= 15 is 0 Å². The van der Waals surface area contributed by atoms with Gasteiger partial charge in [-0.05, 0) is 38.4 Å². The number of phenols is 1. The minimum absolute atomic E-state index is 0.0353. The van der Waals surface area contributed by atoms with Gasteiger partial charge < -0.3 is 31.1 Å². The van der Waals surface area contributed by atoms with Crippen molar-refractivity contribution in [3.8, 4) is 5.75 Å². The number of nitro benzene ring substituents is 1. The number of hydrogen-bond donors (Lipinski definition) is 5. The van der Waals surface area contributed by atoms with Crippen LogP contribution in [-0.4, -0.2) is 87.6 Å². The lowest BCUT2D eigenvalue weighted by atomic mass is 9.58. The number of anilines is 1. The van der Waals surface area contributed by atoms with Gasteiger partial charge in [-0.1, -0.05) is 0 Å². The summed E-state index contributed by atoms with van der Waals surface area (Å²) in [5.41, 5.74) is 0.726. The number of phenolic OH excluding ortho intramolecular Hbond substituents is 1. The molecule has 0 heterocycles. The van der Waals surface area contributed by atoms with Crippen molar-refractivity contribution in [2.75, 3.05) is 33.1 Å². The fourth-order valence-electron chi connectivity index (χ4n) is 5.82. The third-order valence-corrected chi connectivity index (χ3v) is 7.36. The molecule has 0 radical (unpaired) electrons. The van der Waals surface area contributed by atoms with Gasteiger partial charge >= 0.3 is 5.69 Å². The molecule has 0 fully saturated rings. The molecule has 1 amide bonds. The van der Waals surface area contributed by atoms with E-state index < -0.39 is 85.5 Å². The Morgan fingerprint density at radius 3 is 2.31 bits per heavy atom. The number of fused-ring (bicyclic) bond motifs is 3. The minimum atomic E-state index is -2.77. The summed E-state index contributed by atoms with van der Waals surface area (Å²) in [5, 5.41) is 55.8. The first-order chi connectivity index (χ1) is 16.7. The molecule has 1 aromatic rings. The maximum Gasteiger partial charge on any atom is 0.313 e. The fraction of sp³-hybridized carbons (Fsp3) is 0.435. The van der Waals surface area contributed by atoms with Crippen molar-refractivity contribution in [2.45, 2.75) is 24.5 Å². The first-order valence-electron chi connectivity index (χ1n) is 11.0. The van der Waals surface area contributed by atoms with Crippen LogP contribution in [0.4, 0.5) is 11.4 Å². The Morgan fingerprint density at radius 1 is 1.19 bits per heavy atom. The SMILES string of the molecule is CN(C)c1cc([N+](=O)[O-])c(O)c2c1CC1CC3[C@H](N(C)C)C(O)=C(C(N)=O)C(=O)[C@@]3(O)C(O)=C1C2=O. The number of nitrogens with zero attached hydrogens (tertiary/aromatic N) is 3. The molecule has 0 saturated carbocycles. The summed E-state index contributed by atoms with van der Waals surface area (Å²) in [4.78, 5) is 52.6. The van der Waals surface area contributed by atoms with E-state index in [1.54, 1.807) is 19.0 Å². The van der Waals surface area contributed by atoms with Gasteiger partial charge in [0.15, 0.2) is 11.4 Å². The van der Waals surface area contributed by atoms with E-state index in [0.717, 1.165) is 6.07 Å². The average Bonchev–Trinajstić information content (AvgIpc) is 2.75. The normalized spacial score (nSPS) is 27.6. The zero-order valence-electron chi connectivity index (χ0n) is 20.0. The predicted molar refractivity (Wildman–Crippen MR) is 125 cm³/mol. The Balaban J connectivity index is 2.01. The molecule has 13 nitrogen and oxygen atoms in total. The Labute approximate surface area is 204 Å². The lowest BCUT2D eigenvalue weighted by molar-refractivity contribution is -0.385. The number of hydrogen-bond acceptors (Lipinski definition) is 11. The number of nitro groups is 1. The van der Waals surface area contributed by atoms with Crippen LogP contribution in [0, 0.1) is 22.0 Å². The van der Waals surface area contributed by atoms with Crippen molar-refractivity contribution in [2.24, 2.45) is 17.6 Å². The number of Topliss-reactive ketones (excluding diaryl/α,β-unsaturated/α-hetero) is 2. The van der Waals surface area contributed by atoms with Crippen molar-refractivity contribution in [1.29, 1.82) is 0 Å². The third-order valence-electron chi connectivity index (χ3n) is 7.36. The number of allylic oxidation sites excluding steroid dienone is 1. The van der Waals surface area contributed by atoms with Crippen LogP contribution in [0.3, 0.4) is 0 Å². The molecule has 0 saturated heterocycles. The van der Waals surface area contributed by atoms with Gasteiger partial charge in [-0.2, -0.15) is 0 Å². The van der Waals surface area contributed by atoms with E-state index in [1.807, 2.05) is 0 Å². The quantitative estimate of drug-likeness (QED) is 0.212. The summed E-state index contributed by atoms with van der Waals surface area (Å²) < 4.78 is 0. The number of aliphatic hydroxyl groups excluding tert-OH is 2. The molecule has 0 aromatic heterocycles. The molecule has 2 unspecified atom stereocenters. The molecular weight excluding hydrogens is 476 g/mol. The van der Waals surface area contributed by atoms with Crippen LogP contribution in [0.5, 0.6) is 5.75 Å². The summed E-state index contributed by atoms with van der Waals surface area (Å²) >= 11 is 0. The topological polar surface area (TPSA) is 208 Å². The van der Waals surface area contributed by atoms with Gasteiger partial charge in [0, 0.05) is 37.3 Å². The third kappa shape index (κ3) is 3.12. The number of primary amides is 1. The highest BCUT2D eigenvalue weighted by molar-refractivity contribution is 6.25. The summed E-state index contributed by atoms with van der Waals surface area (Å²) in [5.74, 6) is -8.16. The molecule has 4 rings (SSSR count). The van der Waals surface area contributed by atoms with Gasteiger partial charge in [0.25, 0.3) is 5.91 Å². The van der Waals surface area contributed by atoms with E-state index in [1.165, 1.54) is 19.0 Å². The zero-order valence-corrected chi connectivity index (χ0v) is 20.0. The van der Waals surface area contributed by atoms with Crippen molar-refractivity contribution in [3.63, 3.8) is 0 Å². The van der Waals surface area contributed by atoms with E-state index in [9.17, 15) is 44.9 Å². The number of amides is 1. The number of carbonyl (C=O) groups is 3. The number of nitrogens with two attached hydrogens (primary N) is 1. The molecule has 1 aromatic carbocycles. The van der Waals surface area contributed by atoms with E-state index in [0.29, 0.717) is 11.3 Å². The van der Waals surface area contributed by atoms with Gasteiger partial charge in [-0.3, -0.25) is 29.4 Å². The molecule has 13 heteroatoms. The van der Waals surface area contributed by atoms with Crippen LogP contribution in [-0.2, 0) is 16.0 Å². The summed E-state index contributed by atoms with van der Waals surface area (Å²) in [6.07, 6.45) is -0.0377. The lowest BCUT2D eigenvalue weighted by Gasteiger charge is -2.50. The molecule has 3 aliphatic carbocycles. The van der Waals surface area contributed by atoms with Crippen LogP contribution in [0.15, 0.2) is 28.7 Å². The molecule has 6 N–H and O–H groups in total. The number of rotatable bonds is 4. The number of benzene rings is 1. The fourth-order valence-corrected chi connectivity index (χ4v) is 5.82. The first-order valence-corrected chi connectivity index (χ1v) is 11.0. The van der Waals surface area contributed by atoms with Gasteiger partial charge in [-0.15, -0.1) is 0 Å². The number of aliphatic hydroxyl groups is 3. The maximum absolute atomic E-state index is 13.6. The lowest BCUT2D eigenvalue weighted by Crippen LogP contribution is -2.63. The van der Waals surface area contributed by atoms with Crippen molar-refractivity contribution in [1.82, 2.24) is 4.90 Å². The number of aromatic hydroxyl groups is 1. The van der Waals surface area contributed by atoms with E-state index in [4.69, 9.17) is 5.73 Å². The predicted octanol–water partition coefficient (Wildman–Crippen LogP) is 0.0948. The van der Waals surface area contributed by atoms with Crippen LogP contribution in [0.1, 0.15) is 22.3 Å². The second-order valence-electron chi connectivity index (χ2n) is 9.73. The zero-order chi connectivity index (χ0) is 27.0. The van der Waals surface area contributed by atoms with Gasteiger partial charge in [0.05, 0.1) is 16.5 Å². The maximum atomic E-state index is 13.6. The molecule has 0 spiro atoms. The first kappa shape index (κ1) is 25.1. The standard InChI is InChI=1S/C23H26N4O9/c1-25(2)11-7-12(27(35)36)17(28)14-9(11)5-8-6-10-16(26(3)4)19(30)15(22(24)33)21(32)23(10,34)20(31)13(8)18(14)29/h7-8,10,16,28,30-31,34H,5-6H2,1-4H3,(H2,24,33)/t8?,10?,16-,23-/m0/s1.